The van der Waals surface area contributed by atoms with Gasteiger partial charge in [-0.25, -0.2) is 0 Å². The second kappa shape index (κ2) is 5.41. The molecule has 0 aliphatic carbocycles. The first kappa shape index (κ1) is 13.1. The van der Waals surface area contributed by atoms with Crippen LogP contribution >= 0.6 is 0 Å². The van der Waals surface area contributed by atoms with Gasteiger partial charge in [-0.1, -0.05) is 30.3 Å². The van der Waals surface area contributed by atoms with E-state index in [1.807, 2.05) is 18.2 Å². The molecule has 1 rings (SSSR count). The maximum atomic E-state index is 10.1. The topological polar surface area (TPSA) is 92.5 Å². The molecule has 0 bridgehead atoms. The zero-order valence-corrected chi connectivity index (χ0v) is 9.50. The number of benzene rings is 1. The van der Waals surface area contributed by atoms with Crippen LogP contribution in [0.15, 0.2) is 30.3 Å². The summed E-state index contributed by atoms with van der Waals surface area (Å²) in [6.07, 6.45) is -1.36. The summed E-state index contributed by atoms with van der Waals surface area (Å²) >= 11 is 0. The largest absolute Gasteiger partial charge is 0.391 e. The normalized spacial score (nSPS) is 18.8. The molecule has 0 aliphatic rings. The van der Waals surface area contributed by atoms with Crippen LogP contribution in [-0.2, 0) is 0 Å². The molecule has 0 aromatic heterocycles. The SMILES string of the molecule is CC(N)(C(O)CCN)C(O)c1ccccc1. The molecule has 6 N–H and O–H groups in total. The van der Waals surface area contributed by atoms with Crippen LogP contribution in [0.4, 0.5) is 0 Å². The molecule has 0 fully saturated rings. The molecule has 0 saturated carbocycles. The molecule has 4 nitrogen and oxygen atoms in total. The Morgan fingerprint density at radius 3 is 2.31 bits per heavy atom. The van der Waals surface area contributed by atoms with Gasteiger partial charge in [-0.05, 0) is 25.5 Å². The third-order valence-electron chi connectivity index (χ3n) is 2.86. The summed E-state index contributed by atoms with van der Waals surface area (Å²) in [4.78, 5) is 0. The Balaban J connectivity index is 2.83. The number of aliphatic hydroxyl groups is 2. The fraction of sp³-hybridized carbons (Fsp3) is 0.500. The summed E-state index contributed by atoms with van der Waals surface area (Å²) in [5.74, 6) is 0. The van der Waals surface area contributed by atoms with Crippen molar-refractivity contribution in [1.82, 2.24) is 0 Å². The lowest BCUT2D eigenvalue weighted by Gasteiger charge is -2.35. The van der Waals surface area contributed by atoms with Gasteiger partial charge in [-0.15, -0.1) is 0 Å². The zero-order valence-electron chi connectivity index (χ0n) is 9.50. The second-order valence-electron chi connectivity index (χ2n) is 4.27. The van der Waals surface area contributed by atoms with Crippen molar-refractivity contribution in [1.29, 1.82) is 0 Å². The maximum absolute atomic E-state index is 10.1. The summed E-state index contributed by atoms with van der Waals surface area (Å²) in [6, 6.07) is 9.07. The van der Waals surface area contributed by atoms with Crippen molar-refractivity contribution in [3.8, 4) is 0 Å². The van der Waals surface area contributed by atoms with Gasteiger partial charge in [0.2, 0.25) is 0 Å². The van der Waals surface area contributed by atoms with Gasteiger partial charge < -0.3 is 21.7 Å². The highest BCUT2D eigenvalue weighted by Gasteiger charge is 2.36. The Kier molecular flexibility index (Phi) is 4.44. The molecule has 16 heavy (non-hydrogen) atoms. The van der Waals surface area contributed by atoms with Gasteiger partial charge in [0, 0.05) is 0 Å². The predicted molar refractivity (Wildman–Crippen MR) is 63.7 cm³/mol. The molecule has 1 aromatic rings. The van der Waals surface area contributed by atoms with Crippen LogP contribution in [0.2, 0.25) is 0 Å². The van der Waals surface area contributed by atoms with Crippen LogP contribution in [-0.4, -0.2) is 28.4 Å². The predicted octanol–water partition coefficient (Wildman–Crippen LogP) is 0.147. The monoisotopic (exact) mass is 224 g/mol. The van der Waals surface area contributed by atoms with E-state index in [1.165, 1.54) is 0 Å². The highest BCUT2D eigenvalue weighted by atomic mass is 16.3. The second-order valence-corrected chi connectivity index (χ2v) is 4.27. The number of hydrogen-bond donors (Lipinski definition) is 4. The third kappa shape index (κ3) is 2.80. The molecule has 90 valence electrons. The van der Waals surface area contributed by atoms with Crippen LogP contribution in [0.3, 0.4) is 0 Å². The fourth-order valence-corrected chi connectivity index (χ4v) is 1.65. The van der Waals surface area contributed by atoms with Crippen molar-refractivity contribution in [3.05, 3.63) is 35.9 Å². The number of hydrogen-bond acceptors (Lipinski definition) is 4. The van der Waals surface area contributed by atoms with Crippen molar-refractivity contribution >= 4 is 0 Å². The lowest BCUT2D eigenvalue weighted by Crippen LogP contribution is -2.53. The van der Waals surface area contributed by atoms with Crippen LogP contribution in [0.25, 0.3) is 0 Å². The van der Waals surface area contributed by atoms with Crippen molar-refractivity contribution < 1.29 is 10.2 Å². The molecule has 1 aromatic carbocycles. The van der Waals surface area contributed by atoms with Gasteiger partial charge in [0.1, 0.15) is 0 Å². The molecule has 3 atom stereocenters. The Morgan fingerprint density at radius 2 is 1.81 bits per heavy atom. The van der Waals surface area contributed by atoms with E-state index in [0.717, 1.165) is 0 Å². The number of aliphatic hydroxyl groups excluding tert-OH is 2. The average molecular weight is 224 g/mol. The van der Waals surface area contributed by atoms with Gasteiger partial charge in [-0.2, -0.15) is 0 Å². The van der Waals surface area contributed by atoms with E-state index < -0.39 is 17.7 Å². The Morgan fingerprint density at radius 1 is 1.25 bits per heavy atom. The van der Waals surface area contributed by atoms with Crippen molar-refractivity contribution in [3.63, 3.8) is 0 Å². The van der Waals surface area contributed by atoms with Gasteiger partial charge in [0.25, 0.3) is 0 Å². The summed E-state index contributed by atoms with van der Waals surface area (Å²) in [5.41, 5.74) is 10.9. The zero-order chi connectivity index (χ0) is 12.2. The van der Waals surface area contributed by atoms with Crippen molar-refractivity contribution in [2.75, 3.05) is 6.54 Å². The van der Waals surface area contributed by atoms with Crippen LogP contribution < -0.4 is 11.5 Å². The van der Waals surface area contributed by atoms with Crippen LogP contribution in [0, 0.1) is 0 Å². The first-order valence-corrected chi connectivity index (χ1v) is 5.40. The number of rotatable bonds is 5. The Bertz CT molecular complexity index is 314. The molecule has 4 heteroatoms. The molecule has 0 saturated heterocycles. The standard InChI is InChI=1S/C12H20N2O2/c1-12(14,10(15)7-8-13)11(16)9-5-3-2-4-6-9/h2-6,10-11,15-16H,7-8,13-14H2,1H3. The smallest absolute Gasteiger partial charge is 0.0992 e. The maximum Gasteiger partial charge on any atom is 0.0992 e. The highest BCUT2D eigenvalue weighted by Crippen LogP contribution is 2.27. The molecule has 0 spiro atoms. The van der Waals surface area contributed by atoms with E-state index >= 15 is 0 Å². The third-order valence-corrected chi connectivity index (χ3v) is 2.86. The molecular formula is C12H20N2O2. The molecule has 0 aliphatic heterocycles. The quantitative estimate of drug-likeness (QED) is 0.572. The van der Waals surface area contributed by atoms with Gasteiger partial charge in [0.05, 0.1) is 17.7 Å². The molecule has 3 unspecified atom stereocenters. The lowest BCUT2D eigenvalue weighted by molar-refractivity contribution is -0.00467. The van der Waals surface area contributed by atoms with Gasteiger partial charge in [-0.3, -0.25) is 0 Å². The minimum atomic E-state index is -1.10. The van der Waals surface area contributed by atoms with E-state index in [4.69, 9.17) is 11.5 Å². The first-order valence-electron chi connectivity index (χ1n) is 5.40. The van der Waals surface area contributed by atoms with Gasteiger partial charge in [0.15, 0.2) is 0 Å². The Hall–Kier alpha value is -0.940. The van der Waals surface area contributed by atoms with Gasteiger partial charge >= 0.3 is 0 Å². The van der Waals surface area contributed by atoms with E-state index in [9.17, 15) is 10.2 Å². The highest BCUT2D eigenvalue weighted by molar-refractivity contribution is 5.21. The first-order chi connectivity index (χ1) is 7.50. The lowest BCUT2D eigenvalue weighted by atomic mass is 9.84. The minimum Gasteiger partial charge on any atom is -0.391 e. The number of nitrogens with two attached hydrogens (primary N) is 2. The summed E-state index contributed by atoms with van der Waals surface area (Å²) < 4.78 is 0. The van der Waals surface area contributed by atoms with Crippen LogP contribution in [0.1, 0.15) is 25.0 Å². The Labute approximate surface area is 95.9 Å². The fourth-order valence-electron chi connectivity index (χ4n) is 1.65. The molecular weight excluding hydrogens is 204 g/mol. The molecule has 0 amide bonds. The van der Waals surface area contributed by atoms with Crippen LogP contribution in [0.5, 0.6) is 0 Å². The van der Waals surface area contributed by atoms with Crippen molar-refractivity contribution in [2.45, 2.75) is 31.1 Å². The average Bonchev–Trinajstić information content (AvgIpc) is 2.29. The molecule has 0 radical (unpaired) electrons. The van der Waals surface area contributed by atoms with E-state index in [2.05, 4.69) is 0 Å². The minimum absolute atomic E-state index is 0.343. The van der Waals surface area contributed by atoms with E-state index in [1.54, 1.807) is 19.1 Å². The van der Waals surface area contributed by atoms with E-state index in [-0.39, 0.29) is 0 Å². The summed E-state index contributed by atoms with van der Waals surface area (Å²) in [5, 5.41) is 20.0. The van der Waals surface area contributed by atoms with Crippen molar-refractivity contribution in [2.24, 2.45) is 11.5 Å². The summed E-state index contributed by atoms with van der Waals surface area (Å²) in [7, 11) is 0. The molecule has 0 heterocycles. The summed E-state index contributed by atoms with van der Waals surface area (Å²) in [6.45, 7) is 1.97. The van der Waals surface area contributed by atoms with E-state index in [0.29, 0.717) is 18.5 Å².